The van der Waals surface area contributed by atoms with Crippen molar-refractivity contribution in [2.45, 2.75) is 26.8 Å². The van der Waals surface area contributed by atoms with E-state index in [4.69, 9.17) is 9.72 Å². The highest BCUT2D eigenvalue weighted by Crippen LogP contribution is 2.32. The van der Waals surface area contributed by atoms with Crippen LogP contribution in [-0.4, -0.2) is 50.5 Å². The molecule has 4 heterocycles. The molecule has 1 saturated heterocycles. The minimum absolute atomic E-state index is 0.269. The summed E-state index contributed by atoms with van der Waals surface area (Å²) in [5, 5.41) is 9.66. The molecule has 1 unspecified atom stereocenters. The zero-order chi connectivity index (χ0) is 20.0. The molecule has 1 atom stereocenters. The fourth-order valence-electron chi connectivity index (χ4n) is 4.13. The number of benzene rings is 1. The highest BCUT2D eigenvalue weighted by atomic mass is 16.5. The minimum Gasteiger partial charge on any atom is -0.377 e. The van der Waals surface area contributed by atoms with Crippen LogP contribution in [0.25, 0.3) is 27.8 Å². The molecule has 1 N–H and O–H groups in total. The van der Waals surface area contributed by atoms with E-state index in [9.17, 15) is 0 Å². The van der Waals surface area contributed by atoms with Crippen LogP contribution in [0.1, 0.15) is 18.6 Å². The Morgan fingerprint density at radius 3 is 2.72 bits per heavy atom. The number of aromatic nitrogens is 5. The van der Waals surface area contributed by atoms with Gasteiger partial charge in [-0.3, -0.25) is 4.57 Å². The predicted molar refractivity (Wildman–Crippen MR) is 114 cm³/mol. The number of pyridine rings is 1. The van der Waals surface area contributed by atoms with Gasteiger partial charge in [0.05, 0.1) is 30.6 Å². The standard InChI is InChI=1S/C22H24N6O/c1-14-13-29-10-9-27(14)22-12-17(28-15(2)25-26-16(28)3)11-21(24-22)18-5-4-6-20-19(18)7-8-23-20/h4-8,11-12,14,23H,9-10,13H2,1-3H3. The van der Waals surface area contributed by atoms with Crippen molar-refractivity contribution in [2.75, 3.05) is 24.7 Å². The lowest BCUT2D eigenvalue weighted by atomic mass is 10.1. The number of aryl methyl sites for hydroxylation is 2. The molecule has 5 rings (SSSR count). The normalized spacial score (nSPS) is 17.2. The van der Waals surface area contributed by atoms with E-state index in [1.54, 1.807) is 0 Å². The van der Waals surface area contributed by atoms with Gasteiger partial charge in [-0.1, -0.05) is 12.1 Å². The average Bonchev–Trinajstić information content (AvgIpc) is 3.34. The third-order valence-corrected chi connectivity index (χ3v) is 5.57. The Morgan fingerprint density at radius 2 is 1.93 bits per heavy atom. The zero-order valence-corrected chi connectivity index (χ0v) is 16.9. The number of morpholine rings is 1. The summed E-state index contributed by atoms with van der Waals surface area (Å²) in [5.74, 6) is 2.68. The van der Waals surface area contributed by atoms with Crippen molar-refractivity contribution in [2.24, 2.45) is 0 Å². The zero-order valence-electron chi connectivity index (χ0n) is 16.9. The van der Waals surface area contributed by atoms with Gasteiger partial charge in [-0.05, 0) is 39.0 Å². The van der Waals surface area contributed by atoms with E-state index in [0.29, 0.717) is 13.2 Å². The van der Waals surface area contributed by atoms with E-state index in [1.807, 2.05) is 20.0 Å². The minimum atomic E-state index is 0.269. The first kappa shape index (κ1) is 17.9. The molecule has 4 aromatic rings. The second-order valence-corrected chi connectivity index (χ2v) is 7.56. The van der Waals surface area contributed by atoms with Gasteiger partial charge < -0.3 is 14.6 Å². The lowest BCUT2D eigenvalue weighted by molar-refractivity contribution is 0.0985. The highest BCUT2D eigenvalue weighted by molar-refractivity contribution is 5.94. The first-order chi connectivity index (χ1) is 14.1. The summed E-state index contributed by atoms with van der Waals surface area (Å²) in [6.45, 7) is 8.37. The van der Waals surface area contributed by atoms with E-state index in [1.165, 1.54) is 0 Å². The smallest absolute Gasteiger partial charge is 0.134 e. The van der Waals surface area contributed by atoms with Crippen LogP contribution in [0.15, 0.2) is 42.6 Å². The molecule has 7 nitrogen and oxygen atoms in total. The number of fused-ring (bicyclic) bond motifs is 1. The molecule has 1 aromatic carbocycles. The van der Waals surface area contributed by atoms with Crippen LogP contribution >= 0.6 is 0 Å². The third kappa shape index (κ3) is 3.07. The van der Waals surface area contributed by atoms with Gasteiger partial charge in [0.2, 0.25) is 0 Å². The van der Waals surface area contributed by atoms with E-state index in [0.717, 1.165) is 51.9 Å². The summed E-state index contributed by atoms with van der Waals surface area (Å²) in [6, 6.07) is 12.9. The van der Waals surface area contributed by atoms with Gasteiger partial charge in [0, 0.05) is 35.3 Å². The van der Waals surface area contributed by atoms with Crippen molar-refractivity contribution < 1.29 is 4.74 Å². The van der Waals surface area contributed by atoms with E-state index in [2.05, 4.69) is 68.0 Å². The number of rotatable bonds is 3. The SMILES string of the molecule is Cc1nnc(C)n1-c1cc(-c2cccc3[nH]ccc23)nc(N2CCOCC2C)c1. The Morgan fingerprint density at radius 1 is 1.10 bits per heavy atom. The summed E-state index contributed by atoms with van der Waals surface area (Å²) in [4.78, 5) is 10.7. The van der Waals surface area contributed by atoms with Crippen LogP contribution in [0.2, 0.25) is 0 Å². The van der Waals surface area contributed by atoms with Crippen LogP contribution < -0.4 is 4.90 Å². The first-order valence-corrected chi connectivity index (χ1v) is 9.94. The third-order valence-electron chi connectivity index (χ3n) is 5.57. The molecule has 7 heteroatoms. The number of ether oxygens (including phenoxy) is 1. The molecule has 29 heavy (non-hydrogen) atoms. The van der Waals surface area contributed by atoms with Crippen molar-refractivity contribution >= 4 is 16.7 Å². The summed E-state index contributed by atoms with van der Waals surface area (Å²) < 4.78 is 7.72. The van der Waals surface area contributed by atoms with Crippen molar-refractivity contribution in [1.29, 1.82) is 0 Å². The monoisotopic (exact) mass is 388 g/mol. The van der Waals surface area contributed by atoms with Crippen LogP contribution in [0.3, 0.4) is 0 Å². The molecular formula is C22H24N6O. The fraction of sp³-hybridized carbons (Fsp3) is 0.318. The molecule has 3 aromatic heterocycles. The maximum absolute atomic E-state index is 5.64. The number of hydrogen-bond acceptors (Lipinski definition) is 5. The number of hydrogen-bond donors (Lipinski definition) is 1. The molecule has 1 aliphatic rings. The lowest BCUT2D eigenvalue weighted by Gasteiger charge is -2.34. The molecule has 0 bridgehead atoms. The van der Waals surface area contributed by atoms with Crippen molar-refractivity contribution in [3.05, 3.63) is 54.2 Å². The molecule has 148 valence electrons. The molecule has 1 fully saturated rings. The van der Waals surface area contributed by atoms with Crippen LogP contribution in [-0.2, 0) is 4.74 Å². The van der Waals surface area contributed by atoms with Gasteiger partial charge in [-0.25, -0.2) is 4.98 Å². The van der Waals surface area contributed by atoms with Crippen LogP contribution in [0.4, 0.5) is 5.82 Å². The Kier molecular flexibility index (Phi) is 4.32. The summed E-state index contributed by atoms with van der Waals surface area (Å²) in [5.41, 5.74) is 4.17. The number of H-pyrrole nitrogens is 1. The Bertz CT molecular complexity index is 1160. The summed E-state index contributed by atoms with van der Waals surface area (Å²) in [7, 11) is 0. The number of nitrogens with zero attached hydrogens (tertiary/aromatic N) is 5. The van der Waals surface area contributed by atoms with Gasteiger partial charge in [0.1, 0.15) is 17.5 Å². The fourth-order valence-corrected chi connectivity index (χ4v) is 4.13. The quantitative estimate of drug-likeness (QED) is 0.580. The summed E-state index contributed by atoms with van der Waals surface area (Å²) >= 11 is 0. The molecule has 0 amide bonds. The maximum atomic E-state index is 5.64. The topological polar surface area (TPSA) is 71.9 Å². The van der Waals surface area contributed by atoms with Gasteiger partial charge in [0.25, 0.3) is 0 Å². The average molecular weight is 388 g/mol. The predicted octanol–water partition coefficient (Wildman–Crippen LogP) is 3.65. The van der Waals surface area contributed by atoms with Crippen LogP contribution in [0, 0.1) is 13.8 Å². The van der Waals surface area contributed by atoms with Gasteiger partial charge in [-0.2, -0.15) is 0 Å². The van der Waals surface area contributed by atoms with E-state index < -0.39 is 0 Å². The molecule has 1 aliphatic heterocycles. The lowest BCUT2D eigenvalue weighted by Crippen LogP contribution is -2.44. The van der Waals surface area contributed by atoms with Crippen molar-refractivity contribution in [3.63, 3.8) is 0 Å². The molecule has 0 radical (unpaired) electrons. The Labute approximate surface area is 169 Å². The Hall–Kier alpha value is -3.19. The largest absolute Gasteiger partial charge is 0.377 e. The molecule has 0 saturated carbocycles. The molecule has 0 aliphatic carbocycles. The number of anilines is 1. The van der Waals surface area contributed by atoms with Gasteiger partial charge in [0.15, 0.2) is 0 Å². The number of nitrogens with one attached hydrogen (secondary N) is 1. The molecule has 0 spiro atoms. The van der Waals surface area contributed by atoms with E-state index >= 15 is 0 Å². The second-order valence-electron chi connectivity index (χ2n) is 7.56. The number of aromatic amines is 1. The van der Waals surface area contributed by atoms with Gasteiger partial charge >= 0.3 is 0 Å². The summed E-state index contributed by atoms with van der Waals surface area (Å²) in [6.07, 6.45) is 1.97. The Balaban J connectivity index is 1.73. The van der Waals surface area contributed by atoms with Crippen molar-refractivity contribution in [1.82, 2.24) is 24.7 Å². The molecular weight excluding hydrogens is 364 g/mol. The van der Waals surface area contributed by atoms with Crippen molar-refractivity contribution in [3.8, 4) is 16.9 Å². The van der Waals surface area contributed by atoms with E-state index in [-0.39, 0.29) is 6.04 Å². The highest BCUT2D eigenvalue weighted by Gasteiger charge is 2.22. The van der Waals surface area contributed by atoms with Crippen LogP contribution in [0.5, 0.6) is 0 Å². The maximum Gasteiger partial charge on any atom is 0.134 e. The first-order valence-electron chi connectivity index (χ1n) is 9.94. The van der Waals surface area contributed by atoms with Gasteiger partial charge in [-0.15, -0.1) is 10.2 Å². The second kappa shape index (κ2) is 7.00.